The molecule has 1 amide bonds. The Morgan fingerprint density at radius 3 is 2.77 bits per heavy atom. The van der Waals surface area contributed by atoms with Crippen LogP contribution in [0.15, 0.2) is 12.5 Å². The Hall–Kier alpha value is -2.30. The first-order chi connectivity index (χ1) is 12.6. The van der Waals surface area contributed by atoms with Crippen LogP contribution in [0.1, 0.15) is 39.3 Å². The quantitative estimate of drug-likeness (QED) is 0.839. The predicted molar refractivity (Wildman–Crippen MR) is 102 cm³/mol. The number of carbonyl (C=O) groups excluding carboxylic acids is 1. The van der Waals surface area contributed by atoms with Crippen LogP contribution in [-0.4, -0.2) is 47.8 Å². The van der Waals surface area contributed by atoms with Gasteiger partial charge >= 0.3 is 0 Å². The van der Waals surface area contributed by atoms with Crippen LogP contribution in [0, 0.1) is 18.8 Å². The predicted octanol–water partition coefficient (Wildman–Crippen LogP) is 1.92. The van der Waals surface area contributed by atoms with Gasteiger partial charge in [-0.05, 0) is 31.2 Å². The van der Waals surface area contributed by atoms with E-state index < -0.39 is 0 Å². The van der Waals surface area contributed by atoms with Crippen LogP contribution in [0.4, 0.5) is 5.00 Å². The van der Waals surface area contributed by atoms with Crippen LogP contribution in [0.5, 0.6) is 0 Å². The van der Waals surface area contributed by atoms with E-state index in [2.05, 4.69) is 27.0 Å². The number of anilines is 1. The summed E-state index contributed by atoms with van der Waals surface area (Å²) >= 11 is 1.55. The lowest BCUT2D eigenvalue weighted by molar-refractivity contribution is 0.0954. The van der Waals surface area contributed by atoms with Crippen molar-refractivity contribution in [2.24, 2.45) is 7.05 Å². The van der Waals surface area contributed by atoms with Crippen LogP contribution < -0.4 is 10.2 Å². The summed E-state index contributed by atoms with van der Waals surface area (Å²) in [5, 5.41) is 4.17. The van der Waals surface area contributed by atoms with Crippen LogP contribution in [0.3, 0.4) is 0 Å². The maximum Gasteiger partial charge on any atom is 0.261 e. The van der Waals surface area contributed by atoms with Gasteiger partial charge in [0.15, 0.2) is 0 Å². The van der Waals surface area contributed by atoms with Crippen LogP contribution in [-0.2, 0) is 11.8 Å². The zero-order valence-electron chi connectivity index (χ0n) is 15.0. The smallest absolute Gasteiger partial charge is 0.261 e. The lowest BCUT2D eigenvalue weighted by Gasteiger charge is -2.27. The Morgan fingerprint density at radius 1 is 1.35 bits per heavy atom. The maximum atomic E-state index is 12.6. The van der Waals surface area contributed by atoms with Crippen molar-refractivity contribution in [3.05, 3.63) is 34.2 Å². The second-order valence-electron chi connectivity index (χ2n) is 6.72. The van der Waals surface area contributed by atoms with Crippen molar-refractivity contribution < 1.29 is 9.53 Å². The summed E-state index contributed by atoms with van der Waals surface area (Å²) in [6, 6.07) is 0.347. The Labute approximate surface area is 157 Å². The number of carbonyl (C=O) groups is 1. The summed E-state index contributed by atoms with van der Waals surface area (Å²) in [6.07, 6.45) is 5.66. The van der Waals surface area contributed by atoms with E-state index in [9.17, 15) is 4.79 Å². The van der Waals surface area contributed by atoms with Gasteiger partial charge in [0.2, 0.25) is 0 Å². The molecule has 2 aromatic rings. The number of aryl methyl sites for hydroxylation is 1. The Morgan fingerprint density at radius 2 is 2.12 bits per heavy atom. The van der Waals surface area contributed by atoms with Gasteiger partial charge in [0.25, 0.3) is 5.91 Å². The number of rotatable bonds is 3. The molecule has 1 saturated carbocycles. The van der Waals surface area contributed by atoms with E-state index in [4.69, 9.17) is 4.74 Å². The molecule has 0 spiro atoms. The summed E-state index contributed by atoms with van der Waals surface area (Å²) in [6.45, 7) is 5.05. The molecule has 2 fully saturated rings. The Balaban J connectivity index is 1.71. The third kappa shape index (κ3) is 3.48. The SMILES string of the molecule is Cc1c(C(=O)NC2CC2)sc(N2CCOCC2)c1C#Cc1cncn1C. The van der Waals surface area contributed by atoms with E-state index in [0.29, 0.717) is 19.3 Å². The van der Waals surface area contributed by atoms with E-state index in [1.54, 1.807) is 23.9 Å². The monoisotopic (exact) mass is 370 g/mol. The first-order valence-corrected chi connectivity index (χ1v) is 9.70. The molecule has 0 atom stereocenters. The average Bonchev–Trinajstić information content (AvgIpc) is 3.27. The summed E-state index contributed by atoms with van der Waals surface area (Å²) in [5.41, 5.74) is 2.76. The number of morpholine rings is 1. The molecule has 0 bridgehead atoms. The third-order valence-electron chi connectivity index (χ3n) is 4.68. The molecule has 4 rings (SSSR count). The maximum absolute atomic E-state index is 12.6. The van der Waals surface area contributed by atoms with Gasteiger partial charge in [-0.2, -0.15) is 0 Å². The van der Waals surface area contributed by atoms with Gasteiger partial charge in [0.1, 0.15) is 10.7 Å². The lowest BCUT2D eigenvalue weighted by atomic mass is 10.1. The summed E-state index contributed by atoms with van der Waals surface area (Å²) in [7, 11) is 1.93. The first-order valence-electron chi connectivity index (χ1n) is 8.89. The highest BCUT2D eigenvalue weighted by Crippen LogP contribution is 2.36. The number of amides is 1. The van der Waals surface area contributed by atoms with Crippen molar-refractivity contribution >= 4 is 22.2 Å². The molecular formula is C19H22N4O2S. The van der Waals surface area contributed by atoms with Gasteiger partial charge in [-0.25, -0.2) is 4.98 Å². The second-order valence-corrected chi connectivity index (χ2v) is 7.72. The van der Waals surface area contributed by atoms with Crippen molar-refractivity contribution in [2.75, 3.05) is 31.2 Å². The third-order valence-corrected chi connectivity index (χ3v) is 6.03. The van der Waals surface area contributed by atoms with Crippen molar-refractivity contribution in [1.29, 1.82) is 0 Å². The highest BCUT2D eigenvalue weighted by molar-refractivity contribution is 7.18. The second kappa shape index (κ2) is 7.14. The van der Waals surface area contributed by atoms with Gasteiger partial charge in [0, 0.05) is 26.2 Å². The molecule has 2 aliphatic rings. The molecule has 136 valence electrons. The molecular weight excluding hydrogens is 348 g/mol. The fourth-order valence-corrected chi connectivity index (χ4v) is 4.15. The number of nitrogens with zero attached hydrogens (tertiary/aromatic N) is 3. The summed E-state index contributed by atoms with van der Waals surface area (Å²) in [4.78, 5) is 19.8. The molecule has 1 N–H and O–H groups in total. The van der Waals surface area contributed by atoms with E-state index >= 15 is 0 Å². The standard InChI is InChI=1S/C19H22N4O2S/c1-13-16(6-5-15-11-20-12-22(15)2)19(23-7-9-25-10-8-23)26-17(13)18(24)21-14-3-4-14/h11-12,14H,3-4,7-10H2,1-2H3,(H,21,24). The molecule has 1 saturated heterocycles. The van der Waals surface area contributed by atoms with Gasteiger partial charge < -0.3 is 19.5 Å². The Kier molecular flexibility index (Phi) is 4.70. The molecule has 0 aromatic carbocycles. The molecule has 1 aliphatic heterocycles. The molecule has 3 heterocycles. The largest absolute Gasteiger partial charge is 0.378 e. The zero-order chi connectivity index (χ0) is 18.1. The van der Waals surface area contributed by atoms with Crippen molar-refractivity contribution in [3.63, 3.8) is 0 Å². The molecule has 26 heavy (non-hydrogen) atoms. The van der Waals surface area contributed by atoms with Crippen LogP contribution >= 0.6 is 11.3 Å². The normalized spacial score (nSPS) is 16.9. The van der Waals surface area contributed by atoms with Crippen molar-refractivity contribution in [1.82, 2.24) is 14.9 Å². The fourth-order valence-electron chi connectivity index (χ4n) is 2.93. The van der Waals surface area contributed by atoms with Crippen LogP contribution in [0.25, 0.3) is 0 Å². The highest BCUT2D eigenvalue weighted by atomic mass is 32.1. The van der Waals surface area contributed by atoms with E-state index in [1.165, 1.54) is 0 Å². The number of aromatic nitrogens is 2. The Bertz CT molecular complexity index is 879. The molecule has 0 unspecified atom stereocenters. The topological polar surface area (TPSA) is 59.4 Å². The number of nitrogens with one attached hydrogen (secondary N) is 1. The number of thiophene rings is 1. The first kappa shape index (κ1) is 17.1. The van der Waals surface area contributed by atoms with E-state index in [0.717, 1.165) is 52.6 Å². The molecule has 7 heteroatoms. The molecule has 2 aromatic heterocycles. The van der Waals surface area contributed by atoms with E-state index in [-0.39, 0.29) is 5.91 Å². The van der Waals surface area contributed by atoms with Crippen molar-refractivity contribution in [3.8, 4) is 11.8 Å². The molecule has 0 radical (unpaired) electrons. The summed E-state index contributed by atoms with van der Waals surface area (Å²) in [5.74, 6) is 6.53. The molecule has 1 aliphatic carbocycles. The number of ether oxygens (including phenoxy) is 1. The van der Waals surface area contributed by atoms with Crippen LogP contribution in [0.2, 0.25) is 0 Å². The average molecular weight is 370 g/mol. The van der Waals surface area contributed by atoms with Gasteiger partial charge in [0.05, 0.1) is 36.2 Å². The highest BCUT2D eigenvalue weighted by Gasteiger charge is 2.28. The van der Waals surface area contributed by atoms with Gasteiger partial charge in [-0.1, -0.05) is 5.92 Å². The number of hydrogen-bond acceptors (Lipinski definition) is 5. The lowest BCUT2D eigenvalue weighted by Crippen LogP contribution is -2.36. The van der Waals surface area contributed by atoms with E-state index in [1.807, 2.05) is 18.5 Å². The van der Waals surface area contributed by atoms with Gasteiger partial charge in [-0.15, -0.1) is 11.3 Å². The zero-order valence-corrected chi connectivity index (χ0v) is 15.9. The van der Waals surface area contributed by atoms with Crippen molar-refractivity contribution in [2.45, 2.75) is 25.8 Å². The minimum Gasteiger partial charge on any atom is -0.378 e. The minimum absolute atomic E-state index is 0.0260. The van der Waals surface area contributed by atoms with Gasteiger partial charge in [-0.3, -0.25) is 4.79 Å². The fraction of sp³-hybridized carbons (Fsp3) is 0.474. The number of hydrogen-bond donors (Lipinski definition) is 1. The summed E-state index contributed by atoms with van der Waals surface area (Å²) < 4.78 is 7.37. The number of imidazole rings is 1. The molecule has 6 nitrogen and oxygen atoms in total. The minimum atomic E-state index is 0.0260.